The Labute approximate surface area is 172 Å². The Morgan fingerprint density at radius 2 is 1.90 bits per heavy atom. The van der Waals surface area contributed by atoms with E-state index in [2.05, 4.69) is 32.8 Å². The summed E-state index contributed by atoms with van der Waals surface area (Å²) in [7, 11) is 0. The number of carbonyl (C=O) groups is 1. The summed E-state index contributed by atoms with van der Waals surface area (Å²) >= 11 is 1.73. The van der Waals surface area contributed by atoms with E-state index in [9.17, 15) is 4.79 Å². The molecule has 0 saturated carbocycles. The molecule has 3 aromatic heterocycles. The number of nitrogens with zero attached hydrogens (tertiary/aromatic N) is 5. The molecular formula is C22H21N5OS. The van der Waals surface area contributed by atoms with E-state index in [0.29, 0.717) is 18.8 Å². The lowest BCUT2D eigenvalue weighted by atomic mass is 10.2. The van der Waals surface area contributed by atoms with E-state index in [1.165, 1.54) is 4.88 Å². The van der Waals surface area contributed by atoms with Gasteiger partial charge >= 0.3 is 0 Å². The lowest BCUT2D eigenvalue weighted by molar-refractivity contribution is 0.0741. The molecule has 0 radical (unpaired) electrons. The molecule has 0 spiro atoms. The number of benzene rings is 1. The highest BCUT2D eigenvalue weighted by Crippen LogP contribution is 2.31. The number of aryl methyl sites for hydroxylation is 1. The van der Waals surface area contributed by atoms with Gasteiger partial charge in [-0.2, -0.15) is 0 Å². The molecule has 1 aliphatic heterocycles. The summed E-state index contributed by atoms with van der Waals surface area (Å²) in [6.07, 6.45) is 2.64. The first-order valence-corrected chi connectivity index (χ1v) is 10.7. The Hall–Kier alpha value is -3.06. The van der Waals surface area contributed by atoms with Gasteiger partial charge in [0.15, 0.2) is 0 Å². The van der Waals surface area contributed by atoms with Crippen molar-refractivity contribution >= 4 is 44.2 Å². The van der Waals surface area contributed by atoms with Crippen molar-refractivity contribution < 1.29 is 4.79 Å². The van der Waals surface area contributed by atoms with Crippen molar-refractivity contribution in [3.63, 3.8) is 0 Å². The number of aromatic nitrogens is 3. The van der Waals surface area contributed by atoms with Crippen molar-refractivity contribution in [2.75, 3.05) is 31.1 Å². The van der Waals surface area contributed by atoms with E-state index in [0.717, 1.165) is 46.4 Å². The van der Waals surface area contributed by atoms with Crippen molar-refractivity contribution in [3.8, 4) is 0 Å². The van der Waals surface area contributed by atoms with Crippen LogP contribution in [-0.4, -0.2) is 51.9 Å². The SMILES string of the molecule is CCc1cc2c(N3CCN(C(=O)c4ccc5ccccc5n4)CC3)ncnc2s1. The normalized spacial score (nSPS) is 14.7. The minimum Gasteiger partial charge on any atom is -0.352 e. The third-order valence-electron chi connectivity index (χ3n) is 5.39. The van der Waals surface area contributed by atoms with Crippen LogP contribution >= 0.6 is 11.3 Å². The van der Waals surface area contributed by atoms with Crippen LogP contribution in [0.2, 0.25) is 0 Å². The Bertz CT molecular complexity index is 1200. The topological polar surface area (TPSA) is 62.2 Å². The molecule has 0 atom stereocenters. The van der Waals surface area contributed by atoms with Crippen molar-refractivity contribution in [1.29, 1.82) is 0 Å². The van der Waals surface area contributed by atoms with Crippen LogP contribution in [0.5, 0.6) is 0 Å². The van der Waals surface area contributed by atoms with Gasteiger partial charge in [-0.3, -0.25) is 4.79 Å². The van der Waals surface area contributed by atoms with E-state index >= 15 is 0 Å². The molecule has 7 heteroatoms. The standard InChI is InChI=1S/C22H21N5OS/c1-2-16-13-17-20(23-14-24-21(17)29-16)26-9-11-27(12-10-26)22(28)19-8-7-15-5-3-4-6-18(15)25-19/h3-8,13-14H,2,9-12H2,1H3. The fraction of sp³-hybridized carbons (Fsp3) is 0.273. The molecule has 1 aromatic carbocycles. The number of carbonyl (C=O) groups excluding carboxylic acids is 1. The maximum absolute atomic E-state index is 13.0. The predicted molar refractivity (Wildman–Crippen MR) is 117 cm³/mol. The van der Waals surface area contributed by atoms with Gasteiger partial charge in [0, 0.05) is 36.4 Å². The van der Waals surface area contributed by atoms with Gasteiger partial charge < -0.3 is 9.80 Å². The van der Waals surface area contributed by atoms with Crippen LogP contribution in [0, 0.1) is 0 Å². The quantitative estimate of drug-likeness (QED) is 0.521. The lowest BCUT2D eigenvalue weighted by Crippen LogP contribution is -2.49. The number of hydrogen-bond acceptors (Lipinski definition) is 6. The molecule has 0 bridgehead atoms. The highest BCUT2D eigenvalue weighted by molar-refractivity contribution is 7.18. The number of fused-ring (bicyclic) bond motifs is 2. The predicted octanol–water partition coefficient (Wildman–Crippen LogP) is 3.76. The van der Waals surface area contributed by atoms with Crippen LogP contribution in [0.25, 0.3) is 21.1 Å². The molecule has 29 heavy (non-hydrogen) atoms. The van der Waals surface area contributed by atoms with Crippen LogP contribution in [-0.2, 0) is 6.42 Å². The second-order valence-electron chi connectivity index (χ2n) is 7.15. The van der Waals surface area contributed by atoms with Gasteiger partial charge in [0.05, 0.1) is 10.9 Å². The number of amides is 1. The first-order chi connectivity index (χ1) is 14.2. The van der Waals surface area contributed by atoms with E-state index in [-0.39, 0.29) is 5.91 Å². The average Bonchev–Trinajstić information content (AvgIpc) is 3.22. The molecule has 1 aliphatic rings. The molecular weight excluding hydrogens is 382 g/mol. The lowest BCUT2D eigenvalue weighted by Gasteiger charge is -2.35. The summed E-state index contributed by atoms with van der Waals surface area (Å²) < 4.78 is 0. The van der Waals surface area contributed by atoms with Gasteiger partial charge in [0.2, 0.25) is 0 Å². The zero-order valence-electron chi connectivity index (χ0n) is 16.2. The largest absolute Gasteiger partial charge is 0.352 e. The summed E-state index contributed by atoms with van der Waals surface area (Å²) in [5.74, 6) is 0.967. The summed E-state index contributed by atoms with van der Waals surface area (Å²) in [6.45, 7) is 4.97. The maximum Gasteiger partial charge on any atom is 0.272 e. The van der Waals surface area contributed by atoms with E-state index < -0.39 is 0 Å². The van der Waals surface area contributed by atoms with Crippen molar-refractivity contribution in [3.05, 3.63) is 59.4 Å². The number of pyridine rings is 1. The number of rotatable bonds is 3. The van der Waals surface area contributed by atoms with Crippen molar-refractivity contribution in [2.45, 2.75) is 13.3 Å². The van der Waals surface area contributed by atoms with Gasteiger partial charge in [0.25, 0.3) is 5.91 Å². The number of thiophene rings is 1. The molecule has 4 heterocycles. The number of piperazine rings is 1. The molecule has 1 saturated heterocycles. The van der Waals surface area contributed by atoms with E-state index in [1.807, 2.05) is 41.3 Å². The van der Waals surface area contributed by atoms with Gasteiger partial charge in [0.1, 0.15) is 22.7 Å². The molecule has 6 nitrogen and oxygen atoms in total. The zero-order valence-corrected chi connectivity index (χ0v) is 17.0. The molecule has 1 fully saturated rings. The van der Waals surface area contributed by atoms with Crippen molar-refractivity contribution in [2.24, 2.45) is 0 Å². The molecule has 1 amide bonds. The van der Waals surface area contributed by atoms with Gasteiger partial charge in [-0.25, -0.2) is 15.0 Å². The Morgan fingerprint density at radius 3 is 2.72 bits per heavy atom. The molecule has 4 aromatic rings. The second kappa shape index (κ2) is 7.40. The molecule has 0 unspecified atom stereocenters. The van der Waals surface area contributed by atoms with E-state index in [4.69, 9.17) is 0 Å². The van der Waals surface area contributed by atoms with E-state index in [1.54, 1.807) is 17.7 Å². The fourth-order valence-corrected chi connectivity index (χ4v) is 4.72. The molecule has 5 rings (SSSR count). The van der Waals surface area contributed by atoms with Gasteiger partial charge in [-0.1, -0.05) is 31.2 Å². The van der Waals surface area contributed by atoms with Crippen LogP contribution in [0.15, 0.2) is 48.8 Å². The third kappa shape index (κ3) is 3.31. The van der Waals surface area contributed by atoms with Crippen molar-refractivity contribution in [1.82, 2.24) is 19.9 Å². The minimum absolute atomic E-state index is 0.00737. The monoisotopic (exact) mass is 403 g/mol. The minimum atomic E-state index is -0.00737. The summed E-state index contributed by atoms with van der Waals surface area (Å²) in [5, 5.41) is 2.16. The average molecular weight is 404 g/mol. The Balaban J connectivity index is 1.33. The number of anilines is 1. The van der Waals surface area contributed by atoms with Gasteiger partial charge in [-0.15, -0.1) is 11.3 Å². The number of hydrogen-bond donors (Lipinski definition) is 0. The fourth-order valence-electron chi connectivity index (χ4n) is 3.79. The first-order valence-electron chi connectivity index (χ1n) is 9.86. The van der Waals surface area contributed by atoms with Crippen LogP contribution < -0.4 is 4.90 Å². The number of para-hydroxylation sites is 1. The Kier molecular flexibility index (Phi) is 4.60. The Morgan fingerprint density at radius 1 is 1.07 bits per heavy atom. The van der Waals surface area contributed by atoms with Crippen LogP contribution in [0.1, 0.15) is 22.3 Å². The first kappa shape index (κ1) is 18.0. The molecule has 0 N–H and O–H groups in total. The molecule has 0 aliphatic carbocycles. The summed E-state index contributed by atoms with van der Waals surface area (Å²) in [6, 6.07) is 13.9. The maximum atomic E-state index is 13.0. The highest BCUT2D eigenvalue weighted by Gasteiger charge is 2.25. The summed E-state index contributed by atoms with van der Waals surface area (Å²) in [5.41, 5.74) is 1.36. The zero-order chi connectivity index (χ0) is 19.8. The van der Waals surface area contributed by atoms with Crippen LogP contribution in [0.3, 0.4) is 0 Å². The van der Waals surface area contributed by atoms with Crippen LogP contribution in [0.4, 0.5) is 5.82 Å². The van der Waals surface area contributed by atoms with Gasteiger partial charge in [-0.05, 0) is 24.6 Å². The molecule has 146 valence electrons. The smallest absolute Gasteiger partial charge is 0.272 e. The highest BCUT2D eigenvalue weighted by atomic mass is 32.1. The third-order valence-corrected chi connectivity index (χ3v) is 6.58. The second-order valence-corrected chi connectivity index (χ2v) is 8.27. The summed E-state index contributed by atoms with van der Waals surface area (Å²) in [4.78, 5) is 33.0.